The number of ether oxygens (including phenoxy) is 1. The van der Waals surface area contributed by atoms with Gasteiger partial charge in [-0.1, -0.05) is 12.2 Å². The molecule has 1 N–H and O–H groups in total. The SMILES string of the molecule is CC1=C2C(COCCCC34CCN(CC3)CC4)=CN[C@H]2CC=C1. The fourth-order valence-corrected chi connectivity index (χ4v) is 4.89. The molecule has 23 heavy (non-hydrogen) atoms. The van der Waals surface area contributed by atoms with Gasteiger partial charge in [0, 0.05) is 12.8 Å². The lowest BCUT2D eigenvalue weighted by Gasteiger charge is -2.48. The smallest absolute Gasteiger partial charge is 0.0734 e. The summed E-state index contributed by atoms with van der Waals surface area (Å²) in [5.74, 6) is 0. The van der Waals surface area contributed by atoms with Gasteiger partial charge in [0.25, 0.3) is 0 Å². The largest absolute Gasteiger partial charge is 0.383 e. The van der Waals surface area contributed by atoms with Gasteiger partial charge < -0.3 is 15.0 Å². The molecule has 126 valence electrons. The summed E-state index contributed by atoms with van der Waals surface area (Å²) in [4.78, 5) is 2.63. The molecule has 0 saturated carbocycles. The summed E-state index contributed by atoms with van der Waals surface area (Å²) in [7, 11) is 0. The molecule has 3 fully saturated rings. The molecule has 3 saturated heterocycles. The van der Waals surface area contributed by atoms with Crippen LogP contribution in [0.3, 0.4) is 0 Å². The Balaban J connectivity index is 1.21. The molecule has 4 heterocycles. The molecule has 0 aromatic rings. The number of allylic oxidation sites excluding steroid dienone is 2. The standard InChI is InChI=1S/C20H30N2O/c1-16-4-2-5-18-19(16)17(14-21-18)15-23-13-3-6-20-7-10-22(11-8-20)12-9-20/h2,4,14,18,21H,3,5-13,15H2,1H3/t18-/m0/s1. The zero-order chi connectivity index (χ0) is 15.7. The molecule has 1 atom stereocenters. The number of nitrogens with zero attached hydrogens (tertiary/aromatic N) is 1. The molecular weight excluding hydrogens is 284 g/mol. The Morgan fingerprint density at radius 1 is 1.26 bits per heavy atom. The van der Waals surface area contributed by atoms with Gasteiger partial charge in [0.2, 0.25) is 0 Å². The summed E-state index contributed by atoms with van der Waals surface area (Å²) in [6.07, 6.45) is 14.6. The summed E-state index contributed by atoms with van der Waals surface area (Å²) < 4.78 is 6.03. The molecule has 0 radical (unpaired) electrons. The van der Waals surface area contributed by atoms with Crippen LogP contribution in [0.25, 0.3) is 0 Å². The number of piperidine rings is 3. The van der Waals surface area contributed by atoms with E-state index >= 15 is 0 Å². The van der Waals surface area contributed by atoms with Gasteiger partial charge in [-0.2, -0.15) is 0 Å². The molecule has 4 aliphatic heterocycles. The van der Waals surface area contributed by atoms with E-state index in [1.165, 1.54) is 68.5 Å². The van der Waals surface area contributed by atoms with Gasteiger partial charge in [0.15, 0.2) is 0 Å². The molecule has 2 bridgehead atoms. The minimum atomic E-state index is 0.491. The number of rotatable bonds is 6. The molecule has 0 unspecified atom stereocenters. The molecule has 3 nitrogen and oxygen atoms in total. The van der Waals surface area contributed by atoms with Crippen LogP contribution in [-0.2, 0) is 4.74 Å². The van der Waals surface area contributed by atoms with Crippen molar-refractivity contribution in [1.29, 1.82) is 0 Å². The van der Waals surface area contributed by atoms with Crippen molar-refractivity contribution < 1.29 is 4.74 Å². The Bertz CT molecular complexity index is 524. The molecule has 0 spiro atoms. The highest BCUT2D eigenvalue weighted by atomic mass is 16.5. The molecule has 0 amide bonds. The Morgan fingerprint density at radius 3 is 2.83 bits per heavy atom. The Labute approximate surface area is 140 Å². The third kappa shape index (κ3) is 3.14. The summed E-state index contributed by atoms with van der Waals surface area (Å²) in [5, 5.41) is 3.50. The first-order chi connectivity index (χ1) is 11.3. The summed E-state index contributed by atoms with van der Waals surface area (Å²) in [5.41, 5.74) is 4.89. The van der Waals surface area contributed by atoms with E-state index in [9.17, 15) is 0 Å². The van der Waals surface area contributed by atoms with E-state index in [4.69, 9.17) is 4.74 Å². The first kappa shape index (κ1) is 15.5. The highest BCUT2D eigenvalue weighted by Crippen LogP contribution is 2.43. The second-order valence-electron chi connectivity index (χ2n) is 7.87. The van der Waals surface area contributed by atoms with Crippen molar-refractivity contribution in [2.24, 2.45) is 5.41 Å². The molecule has 5 rings (SSSR count). The quantitative estimate of drug-likeness (QED) is 0.761. The van der Waals surface area contributed by atoms with Gasteiger partial charge in [0.05, 0.1) is 12.6 Å². The third-order valence-electron chi connectivity index (χ3n) is 6.45. The van der Waals surface area contributed by atoms with E-state index in [-0.39, 0.29) is 0 Å². The maximum atomic E-state index is 6.03. The number of hydrogen-bond acceptors (Lipinski definition) is 3. The monoisotopic (exact) mass is 314 g/mol. The van der Waals surface area contributed by atoms with Crippen LogP contribution < -0.4 is 5.32 Å². The Morgan fingerprint density at radius 2 is 2.04 bits per heavy atom. The van der Waals surface area contributed by atoms with Gasteiger partial charge in [-0.05, 0) is 87.2 Å². The van der Waals surface area contributed by atoms with Gasteiger partial charge in [-0.25, -0.2) is 0 Å². The minimum Gasteiger partial charge on any atom is -0.383 e. The van der Waals surface area contributed by atoms with Crippen molar-refractivity contribution in [3.05, 3.63) is 35.1 Å². The first-order valence-electron chi connectivity index (χ1n) is 9.39. The molecule has 0 aromatic heterocycles. The minimum absolute atomic E-state index is 0.491. The van der Waals surface area contributed by atoms with Crippen LogP contribution in [0.5, 0.6) is 0 Å². The predicted molar refractivity (Wildman–Crippen MR) is 94.2 cm³/mol. The summed E-state index contributed by atoms with van der Waals surface area (Å²) >= 11 is 0. The molecular formula is C20H30N2O. The van der Waals surface area contributed by atoms with Crippen molar-refractivity contribution >= 4 is 0 Å². The van der Waals surface area contributed by atoms with Crippen molar-refractivity contribution in [2.45, 2.75) is 51.5 Å². The van der Waals surface area contributed by atoms with Crippen molar-refractivity contribution in [2.75, 3.05) is 32.8 Å². The van der Waals surface area contributed by atoms with E-state index in [1.54, 1.807) is 0 Å². The summed E-state index contributed by atoms with van der Waals surface area (Å²) in [6, 6.07) is 0.491. The van der Waals surface area contributed by atoms with Crippen molar-refractivity contribution in [1.82, 2.24) is 10.2 Å². The zero-order valence-corrected chi connectivity index (χ0v) is 14.4. The fourth-order valence-electron chi connectivity index (χ4n) is 4.89. The van der Waals surface area contributed by atoms with E-state index in [0.717, 1.165) is 19.6 Å². The lowest BCUT2D eigenvalue weighted by molar-refractivity contribution is 0.0124. The third-order valence-corrected chi connectivity index (χ3v) is 6.45. The lowest BCUT2D eigenvalue weighted by Crippen LogP contribution is -2.48. The first-order valence-corrected chi connectivity index (χ1v) is 9.39. The topological polar surface area (TPSA) is 24.5 Å². The lowest BCUT2D eigenvalue weighted by atomic mass is 9.69. The van der Waals surface area contributed by atoms with Crippen LogP contribution in [0.1, 0.15) is 45.4 Å². The van der Waals surface area contributed by atoms with E-state index in [1.807, 2.05) is 0 Å². The maximum absolute atomic E-state index is 6.03. The number of fused-ring (bicyclic) bond motifs is 4. The highest BCUT2D eigenvalue weighted by Gasteiger charge is 2.38. The van der Waals surface area contributed by atoms with Gasteiger partial charge in [-0.3, -0.25) is 0 Å². The number of hydrogen-bond donors (Lipinski definition) is 1. The Hall–Kier alpha value is -1.06. The van der Waals surface area contributed by atoms with E-state index in [0.29, 0.717) is 11.5 Å². The van der Waals surface area contributed by atoms with Crippen molar-refractivity contribution in [3.8, 4) is 0 Å². The molecule has 1 aliphatic carbocycles. The van der Waals surface area contributed by atoms with Crippen LogP contribution in [0.2, 0.25) is 0 Å². The van der Waals surface area contributed by atoms with Crippen LogP contribution in [-0.4, -0.2) is 43.8 Å². The van der Waals surface area contributed by atoms with E-state index in [2.05, 4.69) is 35.5 Å². The van der Waals surface area contributed by atoms with Gasteiger partial charge >= 0.3 is 0 Å². The highest BCUT2D eigenvalue weighted by molar-refractivity contribution is 5.49. The van der Waals surface area contributed by atoms with Crippen LogP contribution >= 0.6 is 0 Å². The van der Waals surface area contributed by atoms with E-state index < -0.39 is 0 Å². The van der Waals surface area contributed by atoms with Crippen LogP contribution in [0, 0.1) is 5.41 Å². The van der Waals surface area contributed by atoms with Crippen LogP contribution in [0.4, 0.5) is 0 Å². The predicted octanol–water partition coefficient (Wildman–Crippen LogP) is 3.40. The average molecular weight is 314 g/mol. The van der Waals surface area contributed by atoms with Crippen molar-refractivity contribution in [3.63, 3.8) is 0 Å². The normalized spacial score (nSPS) is 35.3. The second kappa shape index (κ2) is 6.45. The molecule has 0 aromatic carbocycles. The fraction of sp³-hybridized carbons (Fsp3) is 0.700. The second-order valence-corrected chi connectivity index (χ2v) is 7.87. The summed E-state index contributed by atoms with van der Waals surface area (Å²) in [6.45, 7) is 7.90. The number of nitrogens with one attached hydrogen (secondary N) is 1. The molecule has 5 aliphatic rings. The van der Waals surface area contributed by atoms with Gasteiger partial charge in [-0.15, -0.1) is 0 Å². The average Bonchev–Trinajstić information content (AvgIpc) is 3.01. The van der Waals surface area contributed by atoms with Crippen LogP contribution in [0.15, 0.2) is 35.1 Å². The maximum Gasteiger partial charge on any atom is 0.0734 e. The Kier molecular flexibility index (Phi) is 4.33. The molecule has 3 heteroatoms. The van der Waals surface area contributed by atoms with Gasteiger partial charge in [0.1, 0.15) is 0 Å². The zero-order valence-electron chi connectivity index (χ0n) is 14.4.